The number of hydrogen-bond donors (Lipinski definition) is 1. The Balaban J connectivity index is 1.48. The van der Waals surface area contributed by atoms with E-state index in [1.165, 1.54) is 11.3 Å². The van der Waals surface area contributed by atoms with Gasteiger partial charge in [-0.3, -0.25) is 4.79 Å². The number of thiazole rings is 1. The normalized spacial score (nSPS) is 10.7. The summed E-state index contributed by atoms with van der Waals surface area (Å²) in [7, 11) is 0. The minimum atomic E-state index is 0.00395. The van der Waals surface area contributed by atoms with Crippen molar-refractivity contribution in [3.8, 4) is 5.13 Å². The molecule has 0 spiro atoms. The molecule has 0 aliphatic carbocycles. The van der Waals surface area contributed by atoms with Crippen molar-refractivity contribution in [1.29, 1.82) is 0 Å². The minimum absolute atomic E-state index is 0.00395. The van der Waals surface area contributed by atoms with Gasteiger partial charge in [0.05, 0.1) is 12.7 Å². The summed E-state index contributed by atoms with van der Waals surface area (Å²) in [6.45, 7) is 0.579. The van der Waals surface area contributed by atoms with Crippen molar-refractivity contribution in [3.63, 3.8) is 0 Å². The first-order valence-corrected chi connectivity index (χ1v) is 7.50. The predicted molar refractivity (Wildman–Crippen MR) is 80.6 cm³/mol. The molecule has 1 amide bonds. The molecule has 0 fully saturated rings. The van der Waals surface area contributed by atoms with Gasteiger partial charge < -0.3 is 14.3 Å². The zero-order chi connectivity index (χ0) is 14.5. The zero-order valence-corrected chi connectivity index (χ0v) is 12.2. The fourth-order valence-corrected chi connectivity index (χ4v) is 2.84. The topological polar surface area (TPSA) is 60.1 Å². The van der Waals surface area contributed by atoms with Gasteiger partial charge in [0, 0.05) is 36.4 Å². The summed E-state index contributed by atoms with van der Waals surface area (Å²) in [6.07, 6.45) is 8.33. The first-order chi connectivity index (χ1) is 10.3. The lowest BCUT2D eigenvalue weighted by molar-refractivity contribution is -0.120. The van der Waals surface area contributed by atoms with E-state index in [1.807, 2.05) is 41.2 Å². The highest BCUT2D eigenvalue weighted by atomic mass is 32.1. The Bertz CT molecular complexity index is 686. The molecule has 5 nitrogen and oxygen atoms in total. The van der Waals surface area contributed by atoms with Gasteiger partial charge in [-0.15, -0.1) is 11.3 Å². The number of nitrogens with zero attached hydrogens (tertiary/aromatic N) is 2. The van der Waals surface area contributed by atoms with E-state index >= 15 is 0 Å². The minimum Gasteiger partial charge on any atom is -0.469 e. The van der Waals surface area contributed by atoms with E-state index in [0.29, 0.717) is 19.4 Å². The zero-order valence-electron chi connectivity index (χ0n) is 11.4. The van der Waals surface area contributed by atoms with Crippen LogP contribution in [0, 0.1) is 0 Å². The van der Waals surface area contributed by atoms with Crippen molar-refractivity contribution < 1.29 is 9.21 Å². The molecule has 108 valence electrons. The molecule has 0 aromatic carbocycles. The molecule has 3 heterocycles. The summed E-state index contributed by atoms with van der Waals surface area (Å²) in [4.78, 5) is 17.1. The number of aromatic nitrogens is 2. The summed E-state index contributed by atoms with van der Waals surface area (Å²) in [5, 5.41) is 3.76. The van der Waals surface area contributed by atoms with Crippen LogP contribution >= 0.6 is 11.3 Å². The molecule has 0 saturated carbocycles. The van der Waals surface area contributed by atoms with Gasteiger partial charge in [0.25, 0.3) is 0 Å². The molecule has 0 radical (unpaired) electrons. The average Bonchev–Trinajstić information content (AvgIpc) is 3.21. The van der Waals surface area contributed by atoms with Crippen LogP contribution in [0.3, 0.4) is 0 Å². The van der Waals surface area contributed by atoms with Crippen LogP contribution in [0.4, 0.5) is 0 Å². The molecule has 6 heteroatoms. The standard InChI is InChI=1S/C15H15N3O2S/c19-14(16-6-5-12-4-3-9-20-12)10-13-11-17-15(21-13)18-7-1-2-8-18/h1-4,7-9,11H,5-6,10H2,(H,16,19). The Kier molecular flexibility index (Phi) is 4.16. The van der Waals surface area contributed by atoms with Crippen molar-refractivity contribution >= 4 is 17.2 Å². The van der Waals surface area contributed by atoms with E-state index < -0.39 is 0 Å². The average molecular weight is 301 g/mol. The SMILES string of the molecule is O=C(Cc1cnc(-n2cccc2)s1)NCCc1ccco1. The lowest BCUT2D eigenvalue weighted by atomic mass is 10.3. The second-order valence-electron chi connectivity index (χ2n) is 4.56. The molecule has 0 atom stereocenters. The Morgan fingerprint density at radius 3 is 2.95 bits per heavy atom. The monoisotopic (exact) mass is 301 g/mol. The fourth-order valence-electron chi connectivity index (χ4n) is 1.96. The Hall–Kier alpha value is -2.34. The summed E-state index contributed by atoms with van der Waals surface area (Å²) in [5.41, 5.74) is 0. The van der Waals surface area contributed by atoms with Crippen LogP contribution < -0.4 is 5.32 Å². The second kappa shape index (κ2) is 6.41. The van der Waals surface area contributed by atoms with Crippen LogP contribution in [0.2, 0.25) is 0 Å². The van der Waals surface area contributed by atoms with Gasteiger partial charge in [-0.25, -0.2) is 4.98 Å². The van der Waals surface area contributed by atoms with Crippen LogP contribution in [-0.4, -0.2) is 22.0 Å². The van der Waals surface area contributed by atoms with E-state index in [4.69, 9.17) is 4.42 Å². The Morgan fingerprint density at radius 2 is 2.19 bits per heavy atom. The molecule has 3 aromatic heterocycles. The molecule has 0 saturated heterocycles. The molecule has 3 rings (SSSR count). The molecule has 1 N–H and O–H groups in total. The fraction of sp³-hybridized carbons (Fsp3) is 0.200. The molecule has 0 unspecified atom stereocenters. The summed E-state index contributed by atoms with van der Waals surface area (Å²) < 4.78 is 7.15. The molecule has 0 aliphatic rings. The number of rotatable bonds is 6. The first kappa shape index (κ1) is 13.6. The first-order valence-electron chi connectivity index (χ1n) is 6.68. The second-order valence-corrected chi connectivity index (χ2v) is 5.65. The molecule has 0 bridgehead atoms. The van der Waals surface area contributed by atoms with Gasteiger partial charge in [0.1, 0.15) is 5.76 Å². The Morgan fingerprint density at radius 1 is 1.33 bits per heavy atom. The number of carbonyl (C=O) groups is 1. The third-order valence-electron chi connectivity index (χ3n) is 2.98. The van der Waals surface area contributed by atoms with E-state index in [0.717, 1.165) is 15.8 Å². The Labute approximate surface area is 126 Å². The van der Waals surface area contributed by atoms with Crippen molar-refractivity contribution in [1.82, 2.24) is 14.9 Å². The van der Waals surface area contributed by atoms with Crippen LogP contribution in [0.25, 0.3) is 5.13 Å². The van der Waals surface area contributed by atoms with Crippen molar-refractivity contribution in [2.45, 2.75) is 12.8 Å². The highest BCUT2D eigenvalue weighted by Gasteiger charge is 2.08. The quantitative estimate of drug-likeness (QED) is 0.760. The number of hydrogen-bond acceptors (Lipinski definition) is 4. The van der Waals surface area contributed by atoms with Crippen LogP contribution in [0.15, 0.2) is 53.5 Å². The van der Waals surface area contributed by atoms with E-state index in [1.54, 1.807) is 12.5 Å². The molecule has 0 aliphatic heterocycles. The third-order valence-corrected chi connectivity index (χ3v) is 3.99. The molecular weight excluding hydrogens is 286 g/mol. The third kappa shape index (κ3) is 3.61. The highest BCUT2D eigenvalue weighted by Crippen LogP contribution is 2.17. The maximum atomic E-state index is 11.9. The van der Waals surface area contributed by atoms with E-state index in [2.05, 4.69) is 10.3 Å². The number of carbonyl (C=O) groups excluding carboxylic acids is 1. The van der Waals surface area contributed by atoms with Gasteiger partial charge >= 0.3 is 0 Å². The van der Waals surface area contributed by atoms with Gasteiger partial charge in [0.15, 0.2) is 5.13 Å². The van der Waals surface area contributed by atoms with Crippen LogP contribution in [0.1, 0.15) is 10.6 Å². The number of furan rings is 1. The maximum absolute atomic E-state index is 11.9. The summed E-state index contributed by atoms with van der Waals surface area (Å²) in [5.74, 6) is 0.882. The molecule has 3 aromatic rings. The lowest BCUT2D eigenvalue weighted by Gasteiger charge is -2.02. The number of amides is 1. The van der Waals surface area contributed by atoms with Gasteiger partial charge in [-0.1, -0.05) is 0 Å². The van der Waals surface area contributed by atoms with E-state index in [9.17, 15) is 4.79 Å². The maximum Gasteiger partial charge on any atom is 0.225 e. The van der Waals surface area contributed by atoms with Gasteiger partial charge in [0.2, 0.25) is 5.91 Å². The predicted octanol–water partition coefficient (Wildman–Crippen LogP) is 2.43. The summed E-state index contributed by atoms with van der Waals surface area (Å²) in [6, 6.07) is 7.64. The summed E-state index contributed by atoms with van der Waals surface area (Å²) >= 11 is 1.52. The molecule has 21 heavy (non-hydrogen) atoms. The molecular formula is C15H15N3O2S. The highest BCUT2D eigenvalue weighted by molar-refractivity contribution is 7.14. The number of nitrogens with one attached hydrogen (secondary N) is 1. The van der Waals surface area contributed by atoms with Crippen molar-refractivity contribution in [2.75, 3.05) is 6.54 Å². The largest absolute Gasteiger partial charge is 0.469 e. The van der Waals surface area contributed by atoms with Crippen LogP contribution in [0.5, 0.6) is 0 Å². The van der Waals surface area contributed by atoms with Crippen molar-refractivity contribution in [2.24, 2.45) is 0 Å². The van der Waals surface area contributed by atoms with Gasteiger partial charge in [-0.05, 0) is 24.3 Å². The van der Waals surface area contributed by atoms with Crippen molar-refractivity contribution in [3.05, 3.63) is 59.8 Å². The smallest absolute Gasteiger partial charge is 0.225 e. The lowest BCUT2D eigenvalue weighted by Crippen LogP contribution is -2.26. The van der Waals surface area contributed by atoms with Gasteiger partial charge in [-0.2, -0.15) is 0 Å². The van der Waals surface area contributed by atoms with E-state index in [-0.39, 0.29) is 5.91 Å². The van der Waals surface area contributed by atoms with Crippen LogP contribution in [-0.2, 0) is 17.6 Å².